The summed E-state index contributed by atoms with van der Waals surface area (Å²) in [6.07, 6.45) is -1.00. The van der Waals surface area contributed by atoms with Crippen molar-refractivity contribution in [3.05, 3.63) is 71.3 Å². The number of aliphatic hydroxyl groups excluding tert-OH is 1. The molecule has 6 heteroatoms. The molecule has 2 aromatic rings. The second-order valence-corrected chi connectivity index (χ2v) is 4.76. The molecule has 0 saturated carbocycles. The van der Waals surface area contributed by atoms with Gasteiger partial charge in [0.15, 0.2) is 0 Å². The number of aliphatic hydroxyl groups is 1. The van der Waals surface area contributed by atoms with Crippen molar-refractivity contribution >= 4 is 6.03 Å². The number of hydrogen-bond donors (Lipinski definition) is 3. The average molecular weight is 306 g/mol. The van der Waals surface area contributed by atoms with Gasteiger partial charge in [-0.2, -0.15) is 0 Å². The van der Waals surface area contributed by atoms with Crippen molar-refractivity contribution in [2.75, 3.05) is 6.54 Å². The quantitative estimate of drug-likeness (QED) is 0.795. The summed E-state index contributed by atoms with van der Waals surface area (Å²) in [5, 5.41) is 14.9. The van der Waals surface area contributed by atoms with Gasteiger partial charge in [0.25, 0.3) is 0 Å². The zero-order valence-corrected chi connectivity index (χ0v) is 11.7. The van der Waals surface area contributed by atoms with Crippen molar-refractivity contribution < 1.29 is 18.7 Å². The maximum atomic E-state index is 13.0. The third-order valence-electron chi connectivity index (χ3n) is 3.03. The molecule has 1 atom stereocenters. The van der Waals surface area contributed by atoms with Crippen LogP contribution in [0.2, 0.25) is 0 Å². The first-order chi connectivity index (χ1) is 10.5. The summed E-state index contributed by atoms with van der Waals surface area (Å²) in [6, 6.07) is 10.9. The molecule has 0 aliphatic carbocycles. The molecular weight excluding hydrogens is 290 g/mol. The summed E-state index contributed by atoms with van der Waals surface area (Å²) in [7, 11) is 0. The normalized spacial score (nSPS) is 11.8. The number of benzene rings is 2. The lowest BCUT2D eigenvalue weighted by atomic mass is 10.1. The highest BCUT2D eigenvalue weighted by Gasteiger charge is 2.10. The third kappa shape index (κ3) is 4.82. The fraction of sp³-hybridized carbons (Fsp3) is 0.188. The summed E-state index contributed by atoms with van der Waals surface area (Å²) >= 11 is 0. The molecule has 0 bridgehead atoms. The van der Waals surface area contributed by atoms with Gasteiger partial charge in [-0.3, -0.25) is 0 Å². The second kappa shape index (κ2) is 7.51. The molecule has 3 N–H and O–H groups in total. The molecule has 116 valence electrons. The summed E-state index contributed by atoms with van der Waals surface area (Å²) in [5.74, 6) is -0.826. The molecule has 0 aromatic heterocycles. The van der Waals surface area contributed by atoms with Crippen molar-refractivity contribution in [2.45, 2.75) is 12.6 Å². The first-order valence-electron chi connectivity index (χ1n) is 6.74. The smallest absolute Gasteiger partial charge is 0.315 e. The molecule has 0 radical (unpaired) electrons. The molecule has 4 nitrogen and oxygen atoms in total. The van der Waals surface area contributed by atoms with Gasteiger partial charge in [-0.05, 0) is 35.4 Å². The molecule has 22 heavy (non-hydrogen) atoms. The van der Waals surface area contributed by atoms with E-state index >= 15 is 0 Å². The molecule has 2 aromatic carbocycles. The Morgan fingerprint density at radius 2 is 1.73 bits per heavy atom. The van der Waals surface area contributed by atoms with Crippen LogP contribution in [0.3, 0.4) is 0 Å². The Bertz CT molecular complexity index is 650. The Morgan fingerprint density at radius 3 is 2.41 bits per heavy atom. The minimum absolute atomic E-state index is 0.0571. The highest BCUT2D eigenvalue weighted by atomic mass is 19.1. The van der Waals surface area contributed by atoms with E-state index in [4.69, 9.17) is 0 Å². The van der Waals surface area contributed by atoms with E-state index < -0.39 is 18.0 Å². The molecular formula is C16H16F2N2O2. The minimum Gasteiger partial charge on any atom is -0.387 e. The number of urea groups is 1. The van der Waals surface area contributed by atoms with Crippen molar-refractivity contribution in [3.8, 4) is 0 Å². The van der Waals surface area contributed by atoms with E-state index in [0.717, 1.165) is 0 Å². The lowest BCUT2D eigenvalue weighted by Crippen LogP contribution is -2.37. The van der Waals surface area contributed by atoms with Crippen LogP contribution in [0.15, 0.2) is 48.5 Å². The van der Waals surface area contributed by atoms with Crippen LogP contribution in [-0.4, -0.2) is 17.7 Å². The van der Waals surface area contributed by atoms with Gasteiger partial charge in [0, 0.05) is 13.1 Å². The van der Waals surface area contributed by atoms with Crippen LogP contribution in [0.5, 0.6) is 0 Å². The van der Waals surface area contributed by atoms with E-state index in [9.17, 15) is 18.7 Å². The number of rotatable bonds is 5. The first-order valence-corrected chi connectivity index (χ1v) is 6.74. The van der Waals surface area contributed by atoms with Crippen LogP contribution in [0.4, 0.5) is 13.6 Å². The lowest BCUT2D eigenvalue weighted by Gasteiger charge is -2.13. The van der Waals surface area contributed by atoms with E-state index in [1.807, 2.05) is 0 Å². The molecule has 2 amide bonds. The topological polar surface area (TPSA) is 61.4 Å². The maximum absolute atomic E-state index is 13.0. The van der Waals surface area contributed by atoms with Crippen molar-refractivity contribution in [2.24, 2.45) is 0 Å². The Labute approximate surface area is 126 Å². The van der Waals surface area contributed by atoms with Gasteiger partial charge < -0.3 is 15.7 Å². The van der Waals surface area contributed by atoms with Gasteiger partial charge in [0.1, 0.15) is 11.6 Å². The molecule has 1 unspecified atom stereocenters. The van der Waals surface area contributed by atoms with Crippen LogP contribution in [0.1, 0.15) is 17.2 Å². The Kier molecular flexibility index (Phi) is 5.43. The highest BCUT2D eigenvalue weighted by Crippen LogP contribution is 2.12. The minimum atomic E-state index is -1.00. The molecule has 2 rings (SSSR count). The standard InChI is InChI=1S/C16H16F2N2O2/c17-13-5-1-3-11(7-13)9-19-16(22)20-10-15(21)12-4-2-6-14(18)8-12/h1-8,15,21H,9-10H2,(H2,19,20,22). The number of amides is 2. The van der Waals surface area contributed by atoms with Crippen LogP contribution >= 0.6 is 0 Å². The lowest BCUT2D eigenvalue weighted by molar-refractivity contribution is 0.172. The Morgan fingerprint density at radius 1 is 1.05 bits per heavy atom. The molecule has 0 saturated heterocycles. The van der Waals surface area contributed by atoms with Gasteiger partial charge in [0.2, 0.25) is 0 Å². The van der Waals surface area contributed by atoms with E-state index in [2.05, 4.69) is 10.6 Å². The van der Waals surface area contributed by atoms with Gasteiger partial charge in [-0.1, -0.05) is 24.3 Å². The maximum Gasteiger partial charge on any atom is 0.315 e. The van der Waals surface area contributed by atoms with Crippen molar-refractivity contribution in [1.29, 1.82) is 0 Å². The zero-order valence-electron chi connectivity index (χ0n) is 11.7. The molecule has 0 aliphatic heterocycles. The third-order valence-corrected chi connectivity index (χ3v) is 3.03. The van der Waals surface area contributed by atoms with Crippen LogP contribution in [0.25, 0.3) is 0 Å². The van der Waals surface area contributed by atoms with Crippen LogP contribution in [-0.2, 0) is 6.54 Å². The summed E-state index contributed by atoms with van der Waals surface area (Å²) in [4.78, 5) is 11.6. The van der Waals surface area contributed by atoms with Gasteiger partial charge in [-0.15, -0.1) is 0 Å². The molecule has 0 fully saturated rings. The van der Waals surface area contributed by atoms with Gasteiger partial charge in [-0.25, -0.2) is 13.6 Å². The largest absolute Gasteiger partial charge is 0.387 e. The Hall–Kier alpha value is -2.47. The fourth-order valence-electron chi connectivity index (χ4n) is 1.91. The zero-order chi connectivity index (χ0) is 15.9. The molecule has 0 aliphatic rings. The second-order valence-electron chi connectivity index (χ2n) is 4.76. The summed E-state index contributed by atoms with van der Waals surface area (Å²) in [6.45, 7) is 0.109. The number of hydrogen-bond acceptors (Lipinski definition) is 2. The predicted molar refractivity (Wildman–Crippen MR) is 78.0 cm³/mol. The monoisotopic (exact) mass is 306 g/mol. The Balaban J connectivity index is 1.78. The summed E-state index contributed by atoms with van der Waals surface area (Å²) in [5.41, 5.74) is 1.01. The van der Waals surface area contributed by atoms with Crippen molar-refractivity contribution in [3.63, 3.8) is 0 Å². The SMILES string of the molecule is O=C(NCc1cccc(F)c1)NCC(O)c1cccc(F)c1. The summed E-state index contributed by atoms with van der Waals surface area (Å²) < 4.78 is 26.0. The number of carbonyl (C=O) groups is 1. The predicted octanol–water partition coefficient (Wildman–Crippen LogP) is 2.50. The number of halogens is 2. The van der Waals surface area contributed by atoms with E-state index in [1.54, 1.807) is 18.2 Å². The first kappa shape index (κ1) is 15.9. The number of nitrogens with one attached hydrogen (secondary N) is 2. The highest BCUT2D eigenvalue weighted by molar-refractivity contribution is 5.73. The van der Waals surface area contributed by atoms with Crippen LogP contribution in [0, 0.1) is 11.6 Å². The molecule has 0 heterocycles. The van der Waals surface area contributed by atoms with Gasteiger partial charge >= 0.3 is 6.03 Å². The van der Waals surface area contributed by atoms with Crippen molar-refractivity contribution in [1.82, 2.24) is 10.6 Å². The molecule has 0 spiro atoms. The average Bonchev–Trinajstić information content (AvgIpc) is 2.50. The fourth-order valence-corrected chi connectivity index (χ4v) is 1.91. The van der Waals surface area contributed by atoms with Gasteiger partial charge in [0.05, 0.1) is 6.10 Å². The van der Waals surface area contributed by atoms with Crippen LogP contribution < -0.4 is 10.6 Å². The van der Waals surface area contributed by atoms with E-state index in [0.29, 0.717) is 11.1 Å². The van der Waals surface area contributed by atoms with E-state index in [1.165, 1.54) is 30.3 Å². The number of carbonyl (C=O) groups excluding carboxylic acids is 1. The van der Waals surface area contributed by atoms with E-state index in [-0.39, 0.29) is 18.9 Å².